The molecule has 1 aliphatic heterocycles. The van der Waals surface area contributed by atoms with Gasteiger partial charge in [0.05, 0.1) is 12.5 Å². The van der Waals surface area contributed by atoms with Gasteiger partial charge in [0.2, 0.25) is 5.88 Å². The first-order valence-electron chi connectivity index (χ1n) is 8.20. The van der Waals surface area contributed by atoms with E-state index in [2.05, 4.69) is 0 Å². The number of esters is 1. The van der Waals surface area contributed by atoms with E-state index in [0.717, 1.165) is 17.5 Å². The summed E-state index contributed by atoms with van der Waals surface area (Å²) in [6.07, 6.45) is 1.85. The van der Waals surface area contributed by atoms with Crippen molar-refractivity contribution in [3.8, 4) is 0 Å². The third-order valence-corrected chi connectivity index (χ3v) is 4.36. The van der Waals surface area contributed by atoms with Crippen LogP contribution in [0.25, 0.3) is 0 Å². The lowest BCUT2D eigenvalue weighted by Crippen LogP contribution is -2.31. The smallest absolute Gasteiger partial charge is 0.340 e. The molecule has 0 aromatic heterocycles. The molecule has 0 bridgehead atoms. The molecule has 5 heteroatoms. The van der Waals surface area contributed by atoms with E-state index in [1.165, 1.54) is 0 Å². The quantitative estimate of drug-likeness (QED) is 0.864. The molecule has 1 unspecified atom stereocenters. The number of hydrogen-bond donors (Lipinski definition) is 1. The van der Waals surface area contributed by atoms with Gasteiger partial charge in [-0.25, -0.2) is 4.79 Å². The van der Waals surface area contributed by atoms with E-state index in [4.69, 9.17) is 15.2 Å². The van der Waals surface area contributed by atoms with Crippen molar-refractivity contribution in [1.82, 2.24) is 0 Å². The average molecular weight is 327 g/mol. The lowest BCUT2D eigenvalue weighted by atomic mass is 9.77. The van der Waals surface area contributed by atoms with Crippen molar-refractivity contribution in [1.29, 1.82) is 0 Å². The van der Waals surface area contributed by atoms with Gasteiger partial charge in [-0.05, 0) is 25.8 Å². The van der Waals surface area contributed by atoms with E-state index in [1.54, 1.807) is 6.92 Å². The van der Waals surface area contributed by atoms with Gasteiger partial charge in [-0.2, -0.15) is 0 Å². The third kappa shape index (κ3) is 2.82. The first-order valence-corrected chi connectivity index (χ1v) is 8.20. The van der Waals surface area contributed by atoms with E-state index < -0.39 is 11.9 Å². The number of aryl methyl sites for hydroxylation is 1. The van der Waals surface area contributed by atoms with Crippen molar-refractivity contribution in [2.75, 3.05) is 6.61 Å². The normalized spacial score (nSPS) is 20.6. The molecule has 2 aliphatic rings. The number of benzene rings is 1. The number of ketones is 1. The second-order valence-electron chi connectivity index (χ2n) is 6.06. The molecular formula is C19H21NO4. The van der Waals surface area contributed by atoms with Crippen molar-refractivity contribution >= 4 is 11.8 Å². The van der Waals surface area contributed by atoms with Crippen LogP contribution in [0.1, 0.15) is 43.2 Å². The molecule has 0 amide bonds. The van der Waals surface area contributed by atoms with Crippen LogP contribution < -0.4 is 5.73 Å². The molecule has 2 N–H and O–H groups in total. The highest BCUT2D eigenvalue weighted by Crippen LogP contribution is 2.44. The Kier molecular flexibility index (Phi) is 4.42. The van der Waals surface area contributed by atoms with Gasteiger partial charge >= 0.3 is 5.97 Å². The molecular weight excluding hydrogens is 306 g/mol. The molecule has 126 valence electrons. The Hall–Kier alpha value is -2.56. The first-order chi connectivity index (χ1) is 11.5. The number of carbonyl (C=O) groups excluding carboxylic acids is 2. The van der Waals surface area contributed by atoms with E-state index in [-0.39, 0.29) is 23.8 Å². The lowest BCUT2D eigenvalue weighted by Gasteiger charge is -2.32. The van der Waals surface area contributed by atoms with Crippen molar-refractivity contribution < 1.29 is 19.1 Å². The first kappa shape index (κ1) is 16.3. The number of allylic oxidation sites excluding steroid dienone is 2. The summed E-state index contributed by atoms with van der Waals surface area (Å²) < 4.78 is 10.8. The van der Waals surface area contributed by atoms with Crippen LogP contribution in [-0.4, -0.2) is 18.4 Å². The molecule has 1 aromatic rings. The SMILES string of the molecule is CCOC(=O)C1=C(N)OC2=C(C(=O)CCC2)C1c1cccc(C)c1. The molecule has 3 rings (SSSR count). The Labute approximate surface area is 141 Å². The minimum absolute atomic E-state index is 0.0112. The summed E-state index contributed by atoms with van der Waals surface area (Å²) in [5, 5.41) is 0. The molecule has 0 radical (unpaired) electrons. The maximum atomic E-state index is 12.6. The maximum absolute atomic E-state index is 12.6. The van der Waals surface area contributed by atoms with Crippen LogP contribution in [-0.2, 0) is 19.1 Å². The molecule has 5 nitrogen and oxygen atoms in total. The van der Waals surface area contributed by atoms with E-state index in [1.807, 2.05) is 31.2 Å². The molecule has 1 atom stereocenters. The Balaban J connectivity index is 2.17. The van der Waals surface area contributed by atoms with Crippen LogP contribution in [0.2, 0.25) is 0 Å². The monoisotopic (exact) mass is 327 g/mol. The minimum atomic E-state index is -0.536. The zero-order valence-corrected chi connectivity index (χ0v) is 13.9. The fraction of sp³-hybridized carbons (Fsp3) is 0.368. The highest BCUT2D eigenvalue weighted by atomic mass is 16.5. The number of rotatable bonds is 3. The summed E-state index contributed by atoms with van der Waals surface area (Å²) >= 11 is 0. The van der Waals surface area contributed by atoms with Crippen molar-refractivity contribution in [3.05, 3.63) is 58.2 Å². The van der Waals surface area contributed by atoms with Crippen molar-refractivity contribution in [2.24, 2.45) is 5.73 Å². The van der Waals surface area contributed by atoms with Gasteiger partial charge in [0, 0.05) is 18.4 Å². The summed E-state index contributed by atoms with van der Waals surface area (Å²) in [4.78, 5) is 25.1. The van der Waals surface area contributed by atoms with Crippen LogP contribution in [0.15, 0.2) is 47.1 Å². The summed E-state index contributed by atoms with van der Waals surface area (Å²) in [5.74, 6) is -0.430. The number of Topliss-reactive ketones (excluding diaryl/α,β-unsaturated/α-hetero) is 1. The molecule has 1 aliphatic carbocycles. The Morgan fingerprint density at radius 1 is 1.38 bits per heavy atom. The fourth-order valence-electron chi connectivity index (χ4n) is 3.35. The highest BCUT2D eigenvalue weighted by Gasteiger charge is 2.41. The number of carbonyl (C=O) groups is 2. The standard InChI is InChI=1S/C19H21NO4/c1-3-23-19(22)17-15(12-7-4-6-11(2)10-12)16-13(21)8-5-9-14(16)24-18(17)20/h4,6-7,10,15H,3,5,8-9,20H2,1-2H3. The average Bonchev–Trinajstić information content (AvgIpc) is 2.54. The topological polar surface area (TPSA) is 78.6 Å². The fourth-order valence-corrected chi connectivity index (χ4v) is 3.35. The largest absolute Gasteiger partial charge is 0.462 e. The van der Waals surface area contributed by atoms with Crippen LogP contribution in [0, 0.1) is 6.92 Å². The van der Waals surface area contributed by atoms with Crippen LogP contribution >= 0.6 is 0 Å². The van der Waals surface area contributed by atoms with E-state index in [9.17, 15) is 9.59 Å². The molecule has 0 fully saturated rings. The van der Waals surface area contributed by atoms with E-state index >= 15 is 0 Å². The summed E-state index contributed by atoms with van der Waals surface area (Å²) in [6.45, 7) is 3.93. The van der Waals surface area contributed by atoms with Gasteiger partial charge < -0.3 is 15.2 Å². The summed E-state index contributed by atoms with van der Waals surface area (Å²) in [7, 11) is 0. The van der Waals surface area contributed by atoms with Gasteiger partial charge in [0.15, 0.2) is 5.78 Å². The number of nitrogens with two attached hydrogens (primary N) is 1. The Morgan fingerprint density at radius 2 is 2.17 bits per heavy atom. The number of ether oxygens (including phenoxy) is 2. The summed E-state index contributed by atoms with van der Waals surface area (Å²) in [5.41, 5.74) is 8.71. The third-order valence-electron chi connectivity index (χ3n) is 4.36. The molecule has 1 heterocycles. The van der Waals surface area contributed by atoms with Gasteiger partial charge in [-0.3, -0.25) is 4.79 Å². The lowest BCUT2D eigenvalue weighted by molar-refractivity contribution is -0.139. The zero-order chi connectivity index (χ0) is 17.3. The number of hydrogen-bond acceptors (Lipinski definition) is 5. The molecule has 0 saturated carbocycles. The van der Waals surface area contributed by atoms with Crippen LogP contribution in [0.3, 0.4) is 0 Å². The van der Waals surface area contributed by atoms with Gasteiger partial charge in [-0.15, -0.1) is 0 Å². The van der Waals surface area contributed by atoms with Gasteiger partial charge in [0.25, 0.3) is 0 Å². The minimum Gasteiger partial charge on any atom is -0.462 e. The summed E-state index contributed by atoms with van der Waals surface area (Å²) in [6, 6.07) is 7.75. The Bertz CT molecular complexity index is 760. The predicted octanol–water partition coefficient (Wildman–Crippen LogP) is 2.85. The maximum Gasteiger partial charge on any atom is 0.340 e. The van der Waals surface area contributed by atoms with Gasteiger partial charge in [-0.1, -0.05) is 29.8 Å². The second kappa shape index (κ2) is 6.51. The van der Waals surface area contributed by atoms with E-state index in [0.29, 0.717) is 24.2 Å². The Morgan fingerprint density at radius 3 is 2.88 bits per heavy atom. The zero-order valence-electron chi connectivity index (χ0n) is 13.9. The van der Waals surface area contributed by atoms with Crippen molar-refractivity contribution in [3.63, 3.8) is 0 Å². The van der Waals surface area contributed by atoms with Crippen molar-refractivity contribution in [2.45, 2.75) is 39.0 Å². The van der Waals surface area contributed by atoms with Crippen LogP contribution in [0.5, 0.6) is 0 Å². The molecule has 0 saturated heterocycles. The second-order valence-corrected chi connectivity index (χ2v) is 6.06. The molecule has 24 heavy (non-hydrogen) atoms. The predicted molar refractivity (Wildman–Crippen MR) is 88.7 cm³/mol. The van der Waals surface area contributed by atoms with Crippen LogP contribution in [0.4, 0.5) is 0 Å². The highest BCUT2D eigenvalue weighted by molar-refractivity contribution is 6.03. The van der Waals surface area contributed by atoms with Gasteiger partial charge in [0.1, 0.15) is 11.3 Å². The molecule has 0 spiro atoms. The molecule has 1 aromatic carbocycles.